The third-order valence-corrected chi connectivity index (χ3v) is 3.70. The van der Waals surface area contributed by atoms with Crippen molar-refractivity contribution >= 4 is 23.1 Å². The van der Waals surface area contributed by atoms with E-state index in [1.54, 1.807) is 0 Å². The first kappa shape index (κ1) is 13.0. The van der Waals surface area contributed by atoms with Gasteiger partial charge in [0, 0.05) is 12.0 Å². The smallest absolute Gasteiger partial charge is 0.230 e. The molecule has 1 fully saturated rings. The molecule has 1 aromatic carbocycles. The topological polar surface area (TPSA) is 55.1 Å². The van der Waals surface area contributed by atoms with E-state index in [1.165, 1.54) is 5.56 Å². The first-order chi connectivity index (χ1) is 8.63. The Bertz CT molecular complexity index is 446. The number of hydrogen-bond donors (Lipinski definition) is 2. The van der Waals surface area contributed by atoms with Crippen LogP contribution in [0.2, 0.25) is 0 Å². The van der Waals surface area contributed by atoms with Crippen LogP contribution in [0.4, 0.5) is 0 Å². The van der Waals surface area contributed by atoms with Gasteiger partial charge in [0.2, 0.25) is 5.91 Å². The van der Waals surface area contributed by atoms with Crippen LogP contribution in [0.25, 0.3) is 0 Å². The summed E-state index contributed by atoms with van der Waals surface area (Å²) in [4.78, 5) is 12.2. The van der Waals surface area contributed by atoms with Gasteiger partial charge in [-0.3, -0.25) is 4.79 Å². The van der Waals surface area contributed by atoms with E-state index in [1.807, 2.05) is 25.1 Å². The Labute approximate surface area is 113 Å². The molecule has 3 N–H and O–H groups in total. The van der Waals surface area contributed by atoms with Crippen molar-refractivity contribution in [2.24, 2.45) is 11.7 Å². The molecule has 0 heterocycles. The lowest BCUT2D eigenvalue weighted by Gasteiger charge is -2.13. The third kappa shape index (κ3) is 2.88. The second-order valence-corrected chi connectivity index (χ2v) is 5.20. The molecule has 3 unspecified atom stereocenters. The van der Waals surface area contributed by atoms with Crippen molar-refractivity contribution in [1.29, 1.82) is 0 Å². The molecule has 4 heteroatoms. The molecule has 1 aliphatic carbocycles. The molecular weight excluding hydrogens is 244 g/mol. The molecule has 0 bridgehead atoms. The molecule has 0 aromatic heterocycles. The number of nitrogens with one attached hydrogen (secondary N) is 1. The van der Waals surface area contributed by atoms with Crippen LogP contribution in [0.1, 0.15) is 31.2 Å². The number of benzene rings is 1. The van der Waals surface area contributed by atoms with Gasteiger partial charge in [-0.2, -0.15) is 0 Å². The van der Waals surface area contributed by atoms with Gasteiger partial charge >= 0.3 is 0 Å². The molecule has 0 aliphatic heterocycles. The number of amides is 1. The van der Waals surface area contributed by atoms with E-state index in [0.29, 0.717) is 12.3 Å². The SMILES string of the molecule is CCC(C(=O)NC1CC1c1ccccc1)C(N)=S. The molecule has 18 heavy (non-hydrogen) atoms. The Morgan fingerprint density at radius 1 is 1.50 bits per heavy atom. The fourth-order valence-electron chi connectivity index (χ4n) is 2.22. The molecule has 0 spiro atoms. The highest BCUT2D eigenvalue weighted by molar-refractivity contribution is 7.80. The van der Waals surface area contributed by atoms with E-state index in [2.05, 4.69) is 17.4 Å². The summed E-state index contributed by atoms with van der Waals surface area (Å²) in [6, 6.07) is 10.5. The fraction of sp³-hybridized carbons (Fsp3) is 0.429. The highest BCUT2D eigenvalue weighted by Crippen LogP contribution is 2.40. The standard InChI is InChI=1S/C14H18N2OS/c1-2-10(13(15)18)14(17)16-12-8-11(12)9-6-4-3-5-7-9/h3-7,10-12H,2,8H2,1H3,(H2,15,18)(H,16,17). The lowest BCUT2D eigenvalue weighted by molar-refractivity contribution is -0.123. The van der Waals surface area contributed by atoms with Crippen molar-refractivity contribution in [3.8, 4) is 0 Å². The van der Waals surface area contributed by atoms with Crippen LogP contribution in [0.3, 0.4) is 0 Å². The average molecular weight is 262 g/mol. The van der Waals surface area contributed by atoms with Gasteiger partial charge in [0.1, 0.15) is 0 Å². The number of hydrogen-bond acceptors (Lipinski definition) is 2. The average Bonchev–Trinajstić information content (AvgIpc) is 3.10. The van der Waals surface area contributed by atoms with Gasteiger partial charge in [-0.1, -0.05) is 49.5 Å². The molecule has 3 nitrogen and oxygen atoms in total. The maximum Gasteiger partial charge on any atom is 0.230 e. The van der Waals surface area contributed by atoms with Crippen molar-refractivity contribution in [1.82, 2.24) is 5.32 Å². The second-order valence-electron chi connectivity index (χ2n) is 4.73. The maximum atomic E-state index is 12.0. The predicted octanol–water partition coefficient (Wildman–Crippen LogP) is 1.97. The highest BCUT2D eigenvalue weighted by atomic mass is 32.1. The van der Waals surface area contributed by atoms with Gasteiger partial charge in [-0.05, 0) is 18.4 Å². The van der Waals surface area contributed by atoms with Gasteiger partial charge in [0.15, 0.2) is 0 Å². The summed E-state index contributed by atoms with van der Waals surface area (Å²) in [7, 11) is 0. The van der Waals surface area contributed by atoms with Gasteiger partial charge < -0.3 is 11.1 Å². The van der Waals surface area contributed by atoms with Crippen LogP contribution >= 0.6 is 12.2 Å². The molecule has 1 amide bonds. The zero-order chi connectivity index (χ0) is 13.1. The van der Waals surface area contributed by atoms with E-state index in [9.17, 15) is 4.79 Å². The summed E-state index contributed by atoms with van der Waals surface area (Å²) >= 11 is 4.91. The van der Waals surface area contributed by atoms with Crippen LogP contribution in [0.15, 0.2) is 30.3 Å². The summed E-state index contributed by atoms with van der Waals surface area (Å²) in [5.41, 5.74) is 6.84. The van der Waals surface area contributed by atoms with E-state index >= 15 is 0 Å². The van der Waals surface area contributed by atoms with E-state index in [0.717, 1.165) is 6.42 Å². The Morgan fingerprint density at radius 3 is 2.72 bits per heavy atom. The minimum absolute atomic E-state index is 0.0339. The Kier molecular flexibility index (Phi) is 3.97. The predicted molar refractivity (Wildman–Crippen MR) is 76.3 cm³/mol. The lowest BCUT2D eigenvalue weighted by Crippen LogP contribution is -2.38. The lowest BCUT2D eigenvalue weighted by atomic mass is 10.1. The summed E-state index contributed by atoms with van der Waals surface area (Å²) in [5.74, 6) is 0.0736. The van der Waals surface area contributed by atoms with E-state index in [4.69, 9.17) is 18.0 Å². The van der Waals surface area contributed by atoms with Crippen LogP contribution < -0.4 is 11.1 Å². The van der Waals surface area contributed by atoms with E-state index in [-0.39, 0.29) is 22.9 Å². The second kappa shape index (κ2) is 5.48. The summed E-state index contributed by atoms with van der Waals surface area (Å²) < 4.78 is 0. The van der Waals surface area contributed by atoms with Crippen LogP contribution in [-0.4, -0.2) is 16.9 Å². The first-order valence-electron chi connectivity index (χ1n) is 6.28. The quantitative estimate of drug-likeness (QED) is 0.798. The van der Waals surface area contributed by atoms with Crippen LogP contribution in [-0.2, 0) is 4.79 Å². The molecule has 3 atom stereocenters. The Balaban J connectivity index is 1.90. The van der Waals surface area contributed by atoms with Gasteiger partial charge in [-0.25, -0.2) is 0 Å². The Hall–Kier alpha value is -1.42. The molecule has 0 radical (unpaired) electrons. The van der Waals surface area contributed by atoms with Gasteiger partial charge in [0.25, 0.3) is 0 Å². The minimum Gasteiger partial charge on any atom is -0.393 e. The number of thiocarbonyl (C=S) groups is 1. The van der Waals surface area contributed by atoms with Crippen molar-refractivity contribution in [3.05, 3.63) is 35.9 Å². The maximum absolute atomic E-state index is 12.0. The molecule has 1 aromatic rings. The molecule has 2 rings (SSSR count). The molecule has 1 aliphatic rings. The number of carbonyl (C=O) groups is 1. The van der Waals surface area contributed by atoms with Crippen LogP contribution in [0, 0.1) is 5.92 Å². The highest BCUT2D eigenvalue weighted by Gasteiger charge is 2.40. The molecule has 96 valence electrons. The Morgan fingerprint density at radius 2 is 2.17 bits per heavy atom. The van der Waals surface area contributed by atoms with Gasteiger partial charge in [-0.15, -0.1) is 0 Å². The van der Waals surface area contributed by atoms with Gasteiger partial charge in [0.05, 0.1) is 10.9 Å². The monoisotopic (exact) mass is 262 g/mol. The summed E-state index contributed by atoms with van der Waals surface area (Å²) in [6.07, 6.45) is 1.66. The number of nitrogens with two attached hydrogens (primary N) is 1. The number of carbonyl (C=O) groups excluding carboxylic acids is 1. The third-order valence-electron chi connectivity index (χ3n) is 3.41. The van der Waals surface area contributed by atoms with Crippen molar-refractivity contribution in [3.63, 3.8) is 0 Å². The van der Waals surface area contributed by atoms with Crippen molar-refractivity contribution in [2.75, 3.05) is 0 Å². The molecule has 0 saturated heterocycles. The minimum atomic E-state index is -0.336. The zero-order valence-electron chi connectivity index (χ0n) is 10.4. The van der Waals surface area contributed by atoms with Crippen LogP contribution in [0.5, 0.6) is 0 Å². The zero-order valence-corrected chi connectivity index (χ0v) is 11.2. The molecular formula is C14H18N2OS. The summed E-state index contributed by atoms with van der Waals surface area (Å²) in [5, 5.41) is 3.03. The van der Waals surface area contributed by atoms with Crippen molar-refractivity contribution in [2.45, 2.75) is 31.7 Å². The summed E-state index contributed by atoms with van der Waals surface area (Å²) in [6.45, 7) is 1.92. The normalized spacial score (nSPS) is 23.2. The largest absolute Gasteiger partial charge is 0.393 e. The molecule has 1 saturated carbocycles. The van der Waals surface area contributed by atoms with E-state index < -0.39 is 0 Å². The fourth-order valence-corrected chi connectivity index (χ4v) is 2.50. The number of rotatable bonds is 5. The first-order valence-corrected chi connectivity index (χ1v) is 6.69. The van der Waals surface area contributed by atoms with Crippen molar-refractivity contribution < 1.29 is 4.79 Å².